The molecule has 3 aromatic rings. The van der Waals surface area contributed by atoms with Gasteiger partial charge in [0.25, 0.3) is 5.91 Å². The van der Waals surface area contributed by atoms with Crippen molar-refractivity contribution in [1.82, 2.24) is 4.57 Å². The summed E-state index contributed by atoms with van der Waals surface area (Å²) in [5.74, 6) is 0.434. The van der Waals surface area contributed by atoms with Gasteiger partial charge in [0, 0.05) is 13.7 Å². The Balaban J connectivity index is 2.15. The van der Waals surface area contributed by atoms with Gasteiger partial charge in [0.2, 0.25) is 0 Å². The first kappa shape index (κ1) is 16.6. The van der Waals surface area contributed by atoms with Gasteiger partial charge in [-0.2, -0.15) is 4.99 Å². The Morgan fingerprint density at radius 3 is 2.88 bits per heavy atom. The van der Waals surface area contributed by atoms with E-state index in [9.17, 15) is 9.18 Å². The van der Waals surface area contributed by atoms with Crippen molar-refractivity contribution in [2.45, 2.75) is 20.4 Å². The number of carbonyl (C=O) groups excluding carboxylic acids is 1. The molecule has 0 saturated heterocycles. The SMILES string of the molecule is COCCn1c(=NC(=O)c2cc(C)oc2C)sc2cccc(F)c21. The lowest BCUT2D eigenvalue weighted by molar-refractivity contribution is 0.0996. The van der Waals surface area contributed by atoms with E-state index < -0.39 is 5.91 Å². The average Bonchev–Trinajstić information content (AvgIpc) is 3.05. The van der Waals surface area contributed by atoms with Crippen LogP contribution < -0.4 is 4.80 Å². The van der Waals surface area contributed by atoms with Crippen molar-refractivity contribution in [1.29, 1.82) is 0 Å². The number of aromatic nitrogens is 1. The Hall–Kier alpha value is -2.25. The largest absolute Gasteiger partial charge is 0.466 e. The summed E-state index contributed by atoms with van der Waals surface area (Å²) in [6.45, 7) is 4.30. The number of rotatable bonds is 4. The van der Waals surface area contributed by atoms with Gasteiger partial charge in [0.1, 0.15) is 17.3 Å². The minimum atomic E-state index is -0.400. The normalized spacial score (nSPS) is 12.2. The predicted molar refractivity (Wildman–Crippen MR) is 89.7 cm³/mol. The molecule has 5 nitrogen and oxygen atoms in total. The van der Waals surface area contributed by atoms with Gasteiger partial charge in [-0.3, -0.25) is 4.79 Å². The van der Waals surface area contributed by atoms with Crippen molar-refractivity contribution in [3.05, 3.63) is 52.0 Å². The Labute approximate surface area is 142 Å². The first-order valence-electron chi connectivity index (χ1n) is 7.44. The summed E-state index contributed by atoms with van der Waals surface area (Å²) in [5, 5.41) is 0. The molecule has 126 valence electrons. The van der Waals surface area contributed by atoms with E-state index in [1.54, 1.807) is 37.7 Å². The summed E-state index contributed by atoms with van der Waals surface area (Å²) in [5.41, 5.74) is 0.856. The number of hydrogen-bond acceptors (Lipinski definition) is 4. The van der Waals surface area contributed by atoms with Crippen molar-refractivity contribution in [2.75, 3.05) is 13.7 Å². The first-order valence-corrected chi connectivity index (χ1v) is 8.26. The summed E-state index contributed by atoms with van der Waals surface area (Å²) in [4.78, 5) is 17.1. The Morgan fingerprint density at radius 2 is 2.21 bits per heavy atom. The highest BCUT2D eigenvalue weighted by Crippen LogP contribution is 2.21. The monoisotopic (exact) mass is 348 g/mol. The fourth-order valence-electron chi connectivity index (χ4n) is 2.55. The molecule has 0 saturated carbocycles. The molecule has 1 aromatic carbocycles. The molecule has 0 aliphatic carbocycles. The van der Waals surface area contributed by atoms with Crippen molar-refractivity contribution < 1.29 is 18.3 Å². The quantitative estimate of drug-likeness (QED) is 0.726. The molecule has 0 spiro atoms. The highest BCUT2D eigenvalue weighted by Gasteiger charge is 2.15. The van der Waals surface area contributed by atoms with Crippen molar-refractivity contribution in [2.24, 2.45) is 4.99 Å². The molecule has 7 heteroatoms. The van der Waals surface area contributed by atoms with Crippen LogP contribution in [0.15, 0.2) is 33.7 Å². The molecule has 0 unspecified atom stereocenters. The number of nitrogens with zero attached hydrogens (tertiary/aromatic N) is 2. The summed E-state index contributed by atoms with van der Waals surface area (Å²) in [6, 6.07) is 6.51. The maximum absolute atomic E-state index is 14.2. The van der Waals surface area contributed by atoms with Gasteiger partial charge < -0.3 is 13.7 Å². The standard InChI is InChI=1S/C17H17FN2O3S/c1-10-9-12(11(2)23-10)16(21)19-17-20(7-8-22-3)15-13(18)5-4-6-14(15)24-17/h4-6,9H,7-8H2,1-3H3. The van der Waals surface area contributed by atoms with Crippen LogP contribution in [-0.4, -0.2) is 24.2 Å². The third-order valence-corrected chi connectivity index (χ3v) is 4.68. The summed E-state index contributed by atoms with van der Waals surface area (Å²) in [6.07, 6.45) is 0. The van der Waals surface area contributed by atoms with Gasteiger partial charge in [-0.05, 0) is 32.0 Å². The van der Waals surface area contributed by atoms with E-state index in [1.807, 2.05) is 6.07 Å². The van der Waals surface area contributed by atoms with E-state index in [-0.39, 0.29) is 5.82 Å². The third kappa shape index (κ3) is 3.05. The molecule has 2 aromatic heterocycles. The number of halogens is 1. The highest BCUT2D eigenvalue weighted by atomic mass is 32.1. The molecule has 0 fully saturated rings. The van der Waals surface area contributed by atoms with Gasteiger partial charge in [-0.15, -0.1) is 0 Å². The van der Waals surface area contributed by atoms with Gasteiger partial charge in [-0.1, -0.05) is 17.4 Å². The molecule has 3 rings (SSSR count). The van der Waals surface area contributed by atoms with Crippen LogP contribution in [0.5, 0.6) is 0 Å². The second kappa shape index (κ2) is 6.70. The molecule has 0 atom stereocenters. The summed E-state index contributed by atoms with van der Waals surface area (Å²) < 4.78 is 27.1. The van der Waals surface area contributed by atoms with Gasteiger partial charge in [0.05, 0.1) is 22.4 Å². The molecule has 2 heterocycles. The number of benzene rings is 1. The first-order chi connectivity index (χ1) is 11.5. The fourth-order valence-corrected chi connectivity index (χ4v) is 3.62. The lowest BCUT2D eigenvalue weighted by Crippen LogP contribution is -2.20. The second-order valence-electron chi connectivity index (χ2n) is 5.36. The second-order valence-corrected chi connectivity index (χ2v) is 6.37. The molecule has 24 heavy (non-hydrogen) atoms. The number of ether oxygens (including phenoxy) is 1. The molecule has 0 aliphatic heterocycles. The number of thiazole rings is 1. The number of hydrogen-bond donors (Lipinski definition) is 0. The number of fused-ring (bicyclic) bond motifs is 1. The van der Waals surface area contributed by atoms with Crippen LogP contribution in [0.2, 0.25) is 0 Å². The van der Waals surface area contributed by atoms with E-state index in [2.05, 4.69) is 4.99 Å². The van der Waals surface area contributed by atoms with Crippen molar-refractivity contribution >= 4 is 27.5 Å². The maximum Gasteiger partial charge on any atom is 0.283 e. The fraction of sp³-hybridized carbons (Fsp3) is 0.294. The third-order valence-electron chi connectivity index (χ3n) is 3.64. The van der Waals surface area contributed by atoms with Gasteiger partial charge in [0.15, 0.2) is 4.80 Å². The van der Waals surface area contributed by atoms with Crippen LogP contribution in [0.1, 0.15) is 21.9 Å². The van der Waals surface area contributed by atoms with Crippen LogP contribution >= 0.6 is 11.3 Å². The Kier molecular flexibility index (Phi) is 4.64. The number of carbonyl (C=O) groups is 1. The average molecular weight is 348 g/mol. The Morgan fingerprint density at radius 1 is 1.42 bits per heavy atom. The lowest BCUT2D eigenvalue weighted by atomic mass is 10.2. The Bertz CT molecular complexity index is 968. The molecule has 0 aliphatic rings. The number of furan rings is 1. The van der Waals surface area contributed by atoms with Gasteiger partial charge in [-0.25, -0.2) is 4.39 Å². The minimum absolute atomic E-state index is 0.343. The number of aryl methyl sites for hydroxylation is 2. The van der Waals surface area contributed by atoms with Crippen LogP contribution in [0, 0.1) is 19.7 Å². The van der Waals surface area contributed by atoms with E-state index in [1.165, 1.54) is 17.4 Å². The summed E-state index contributed by atoms with van der Waals surface area (Å²) in [7, 11) is 1.57. The van der Waals surface area contributed by atoms with E-state index in [0.717, 1.165) is 4.70 Å². The highest BCUT2D eigenvalue weighted by molar-refractivity contribution is 7.16. The van der Waals surface area contributed by atoms with Crippen molar-refractivity contribution in [3.8, 4) is 0 Å². The van der Waals surface area contributed by atoms with Crippen LogP contribution in [0.25, 0.3) is 10.2 Å². The molecule has 0 bridgehead atoms. The number of methoxy groups -OCH3 is 1. The van der Waals surface area contributed by atoms with E-state index in [0.29, 0.717) is 40.6 Å². The molecular formula is C17H17FN2O3S. The van der Waals surface area contributed by atoms with Crippen LogP contribution in [-0.2, 0) is 11.3 Å². The van der Waals surface area contributed by atoms with Crippen LogP contribution in [0.4, 0.5) is 4.39 Å². The smallest absolute Gasteiger partial charge is 0.283 e. The molecule has 0 radical (unpaired) electrons. The molecule has 1 amide bonds. The van der Waals surface area contributed by atoms with E-state index in [4.69, 9.17) is 9.15 Å². The van der Waals surface area contributed by atoms with E-state index >= 15 is 0 Å². The molecular weight excluding hydrogens is 331 g/mol. The minimum Gasteiger partial charge on any atom is -0.466 e. The lowest BCUT2D eigenvalue weighted by Gasteiger charge is -2.04. The van der Waals surface area contributed by atoms with Crippen LogP contribution in [0.3, 0.4) is 0 Å². The van der Waals surface area contributed by atoms with Crippen molar-refractivity contribution in [3.63, 3.8) is 0 Å². The molecule has 0 N–H and O–H groups in total. The zero-order valence-electron chi connectivity index (χ0n) is 13.6. The topological polar surface area (TPSA) is 56.7 Å². The maximum atomic E-state index is 14.2. The zero-order chi connectivity index (χ0) is 17.3. The van der Waals surface area contributed by atoms with Gasteiger partial charge >= 0.3 is 0 Å². The predicted octanol–water partition coefficient (Wildman–Crippen LogP) is 3.44. The number of amides is 1. The summed E-state index contributed by atoms with van der Waals surface area (Å²) >= 11 is 1.27. The zero-order valence-corrected chi connectivity index (χ0v) is 14.4. The number of para-hydroxylation sites is 1.